The molecule has 1 N–H and O–H groups in total. The van der Waals surface area contributed by atoms with Crippen molar-refractivity contribution in [2.24, 2.45) is 5.92 Å². The minimum atomic E-state index is 0.0584. The second kappa shape index (κ2) is 3.89. The van der Waals surface area contributed by atoms with E-state index in [1.54, 1.807) is 6.26 Å². The molecule has 1 aliphatic carbocycles. The maximum atomic E-state index is 12.6. The van der Waals surface area contributed by atoms with E-state index in [0.717, 1.165) is 16.5 Å². The fourth-order valence-corrected chi connectivity index (χ4v) is 4.44. The number of benzene rings is 1. The molecule has 4 heteroatoms. The van der Waals surface area contributed by atoms with Gasteiger partial charge in [0.1, 0.15) is 5.58 Å². The molecule has 1 aromatic heterocycles. The summed E-state index contributed by atoms with van der Waals surface area (Å²) in [5, 5.41) is 4.31. The zero-order chi connectivity index (χ0) is 14.0. The molecule has 2 bridgehead atoms. The molecule has 1 aromatic carbocycles. The quantitative estimate of drug-likeness (QED) is 0.920. The van der Waals surface area contributed by atoms with Gasteiger partial charge in [-0.3, -0.25) is 9.69 Å². The first kappa shape index (κ1) is 11.8. The molecule has 0 radical (unpaired) electrons. The van der Waals surface area contributed by atoms with Crippen LogP contribution in [0.2, 0.25) is 0 Å². The van der Waals surface area contributed by atoms with Gasteiger partial charge in [0.25, 0.3) is 5.91 Å². The molecule has 4 nitrogen and oxygen atoms in total. The molecule has 2 saturated heterocycles. The normalized spacial score (nSPS) is 31.9. The lowest BCUT2D eigenvalue weighted by Crippen LogP contribution is -2.51. The topological polar surface area (TPSA) is 45.5 Å². The van der Waals surface area contributed by atoms with Gasteiger partial charge in [-0.25, -0.2) is 0 Å². The van der Waals surface area contributed by atoms with Crippen LogP contribution >= 0.6 is 0 Å². The Balaban J connectivity index is 1.42. The van der Waals surface area contributed by atoms with Crippen LogP contribution in [0.4, 0.5) is 0 Å². The number of hydrogen-bond acceptors (Lipinski definition) is 3. The zero-order valence-electron chi connectivity index (χ0n) is 11.8. The van der Waals surface area contributed by atoms with Crippen molar-refractivity contribution in [3.05, 3.63) is 36.1 Å². The van der Waals surface area contributed by atoms with Crippen LogP contribution in [0.1, 0.15) is 29.6 Å². The van der Waals surface area contributed by atoms with E-state index in [1.165, 1.54) is 32.4 Å². The number of rotatable bonds is 2. The van der Waals surface area contributed by atoms with Crippen molar-refractivity contribution in [2.45, 2.75) is 30.8 Å². The van der Waals surface area contributed by atoms with Gasteiger partial charge in [-0.2, -0.15) is 0 Å². The van der Waals surface area contributed by atoms with E-state index in [-0.39, 0.29) is 5.91 Å². The smallest absolute Gasteiger partial charge is 0.251 e. The standard InChI is InChI=1S/C17H18N2O2/c20-16(12-1-2-14-11(9-12)4-8-21-14)18-15-13-3-7-19(10-13)17(15)5-6-17/h1-2,4,8-9,13,15H,3,5-7,10H2,(H,18,20)/t13?,15-/m1/s1. The third-order valence-electron chi connectivity index (χ3n) is 5.67. The summed E-state index contributed by atoms with van der Waals surface area (Å²) in [5.74, 6) is 0.706. The number of hydrogen-bond donors (Lipinski definition) is 1. The van der Waals surface area contributed by atoms with Gasteiger partial charge in [0.15, 0.2) is 0 Å². The molecule has 3 fully saturated rings. The Hall–Kier alpha value is -1.81. The van der Waals surface area contributed by atoms with E-state index < -0.39 is 0 Å². The highest BCUT2D eigenvalue weighted by molar-refractivity contribution is 5.98. The van der Waals surface area contributed by atoms with Gasteiger partial charge >= 0.3 is 0 Å². The lowest BCUT2D eigenvalue weighted by molar-refractivity contribution is 0.0892. The van der Waals surface area contributed by atoms with Crippen molar-refractivity contribution in [1.29, 1.82) is 0 Å². The summed E-state index contributed by atoms with van der Waals surface area (Å²) in [6.45, 7) is 2.39. The van der Waals surface area contributed by atoms with E-state index in [2.05, 4.69) is 10.2 Å². The predicted molar refractivity (Wildman–Crippen MR) is 79.1 cm³/mol. The molecule has 108 valence electrons. The second-order valence-corrected chi connectivity index (χ2v) is 6.72. The first-order valence-electron chi connectivity index (χ1n) is 7.79. The Kier molecular flexibility index (Phi) is 2.19. The van der Waals surface area contributed by atoms with Crippen LogP contribution in [0.15, 0.2) is 34.9 Å². The Labute approximate surface area is 123 Å². The summed E-state index contributed by atoms with van der Waals surface area (Å²) in [6.07, 6.45) is 5.38. The van der Waals surface area contributed by atoms with Crippen LogP contribution in [0, 0.1) is 5.92 Å². The van der Waals surface area contributed by atoms with Gasteiger partial charge in [-0.05, 0) is 56.0 Å². The molecule has 1 saturated carbocycles. The molecule has 1 spiro atoms. The van der Waals surface area contributed by atoms with Crippen molar-refractivity contribution in [3.8, 4) is 0 Å². The maximum absolute atomic E-state index is 12.6. The van der Waals surface area contributed by atoms with Gasteiger partial charge in [0, 0.05) is 23.0 Å². The zero-order valence-corrected chi connectivity index (χ0v) is 11.8. The number of carbonyl (C=O) groups is 1. The van der Waals surface area contributed by atoms with E-state index in [4.69, 9.17) is 4.42 Å². The van der Waals surface area contributed by atoms with E-state index in [1.807, 2.05) is 24.3 Å². The van der Waals surface area contributed by atoms with Crippen LogP contribution in [0.5, 0.6) is 0 Å². The highest BCUT2D eigenvalue weighted by Crippen LogP contribution is 2.55. The fourth-order valence-electron chi connectivity index (χ4n) is 4.44. The number of nitrogens with zero attached hydrogens (tertiary/aromatic N) is 1. The van der Waals surface area contributed by atoms with Crippen LogP contribution in [-0.4, -0.2) is 35.5 Å². The molecule has 2 aromatic rings. The lowest BCUT2D eigenvalue weighted by atomic mass is 9.91. The molecule has 3 heterocycles. The van der Waals surface area contributed by atoms with Crippen LogP contribution in [0.25, 0.3) is 11.0 Å². The van der Waals surface area contributed by atoms with Crippen LogP contribution < -0.4 is 5.32 Å². The third-order valence-corrected chi connectivity index (χ3v) is 5.67. The minimum absolute atomic E-state index is 0.0584. The Morgan fingerprint density at radius 3 is 3.10 bits per heavy atom. The largest absolute Gasteiger partial charge is 0.464 e. The molecule has 3 atom stereocenters. The number of furan rings is 1. The maximum Gasteiger partial charge on any atom is 0.251 e. The SMILES string of the molecule is O=C(N[C@@H]1C2CCN(C2)C12CC2)c1ccc2occc2c1. The highest BCUT2D eigenvalue weighted by Gasteiger charge is 2.63. The van der Waals surface area contributed by atoms with Crippen LogP contribution in [-0.2, 0) is 0 Å². The summed E-state index contributed by atoms with van der Waals surface area (Å²) in [6, 6.07) is 7.90. The van der Waals surface area contributed by atoms with Gasteiger partial charge in [-0.15, -0.1) is 0 Å². The van der Waals surface area contributed by atoms with Gasteiger partial charge in [0.05, 0.1) is 12.3 Å². The molecule has 1 amide bonds. The van der Waals surface area contributed by atoms with E-state index in [0.29, 0.717) is 17.5 Å². The van der Waals surface area contributed by atoms with Crippen LogP contribution in [0.3, 0.4) is 0 Å². The summed E-state index contributed by atoms with van der Waals surface area (Å²) in [4.78, 5) is 15.2. The molecule has 2 aliphatic heterocycles. The molecule has 21 heavy (non-hydrogen) atoms. The average molecular weight is 282 g/mol. The van der Waals surface area contributed by atoms with Crippen molar-refractivity contribution < 1.29 is 9.21 Å². The summed E-state index contributed by atoms with van der Waals surface area (Å²) < 4.78 is 5.33. The Morgan fingerprint density at radius 1 is 1.33 bits per heavy atom. The molecule has 3 aliphatic rings. The summed E-state index contributed by atoms with van der Waals surface area (Å²) >= 11 is 0. The van der Waals surface area contributed by atoms with E-state index >= 15 is 0 Å². The monoisotopic (exact) mass is 282 g/mol. The summed E-state index contributed by atoms with van der Waals surface area (Å²) in [5.41, 5.74) is 1.87. The highest BCUT2D eigenvalue weighted by atomic mass is 16.3. The van der Waals surface area contributed by atoms with E-state index in [9.17, 15) is 4.79 Å². The number of nitrogens with one attached hydrogen (secondary N) is 1. The fraction of sp³-hybridized carbons (Fsp3) is 0.471. The molecular formula is C17H18N2O2. The third kappa shape index (κ3) is 1.57. The number of fused-ring (bicyclic) bond motifs is 4. The van der Waals surface area contributed by atoms with Crippen molar-refractivity contribution in [3.63, 3.8) is 0 Å². The molecule has 5 rings (SSSR count). The predicted octanol–water partition coefficient (Wildman–Crippen LogP) is 2.40. The second-order valence-electron chi connectivity index (χ2n) is 6.72. The number of carbonyl (C=O) groups excluding carboxylic acids is 1. The molecule has 2 unspecified atom stereocenters. The average Bonchev–Trinajstić information content (AvgIpc) is 2.91. The molecular weight excluding hydrogens is 264 g/mol. The summed E-state index contributed by atoms with van der Waals surface area (Å²) in [7, 11) is 0. The van der Waals surface area contributed by atoms with Gasteiger partial charge in [-0.1, -0.05) is 0 Å². The Morgan fingerprint density at radius 2 is 2.24 bits per heavy atom. The number of piperidine rings is 1. The van der Waals surface area contributed by atoms with Crippen molar-refractivity contribution in [2.75, 3.05) is 13.1 Å². The van der Waals surface area contributed by atoms with Gasteiger partial charge in [0.2, 0.25) is 0 Å². The number of amides is 1. The minimum Gasteiger partial charge on any atom is -0.464 e. The Bertz CT molecular complexity index is 731. The van der Waals surface area contributed by atoms with Gasteiger partial charge < -0.3 is 9.73 Å². The van der Waals surface area contributed by atoms with Crippen molar-refractivity contribution >= 4 is 16.9 Å². The lowest BCUT2D eigenvalue weighted by Gasteiger charge is -2.33. The first-order chi connectivity index (χ1) is 10.3. The first-order valence-corrected chi connectivity index (χ1v) is 7.79. The van der Waals surface area contributed by atoms with Crippen molar-refractivity contribution in [1.82, 2.24) is 10.2 Å².